The quantitative estimate of drug-likeness (QED) is 0.559. The molecule has 1 aromatic heterocycles. The fraction of sp³-hybridized carbons (Fsp3) is 0.0952. The van der Waals surface area contributed by atoms with Gasteiger partial charge in [-0.25, -0.2) is 0 Å². The summed E-state index contributed by atoms with van der Waals surface area (Å²) in [5.41, 5.74) is 2.59. The molecule has 0 fully saturated rings. The number of rotatable bonds is 5. The fourth-order valence-corrected chi connectivity index (χ4v) is 2.92. The Balaban J connectivity index is 2.04. The first-order valence-corrected chi connectivity index (χ1v) is 8.80. The van der Waals surface area contributed by atoms with Gasteiger partial charge in [0.1, 0.15) is 11.9 Å². The molecule has 0 bridgehead atoms. The van der Waals surface area contributed by atoms with Crippen molar-refractivity contribution >= 4 is 29.0 Å². The summed E-state index contributed by atoms with van der Waals surface area (Å²) in [4.78, 5) is 4.05. The minimum absolute atomic E-state index is 0.0213. The third-order valence-corrected chi connectivity index (χ3v) is 4.56. The number of benzene rings is 2. The lowest BCUT2D eigenvalue weighted by Gasteiger charge is -2.18. The minimum Gasteiger partial charge on any atom is -0.507 e. The van der Waals surface area contributed by atoms with Crippen LogP contribution in [0.3, 0.4) is 0 Å². The van der Waals surface area contributed by atoms with E-state index in [-0.39, 0.29) is 5.76 Å². The van der Waals surface area contributed by atoms with E-state index in [9.17, 15) is 10.2 Å². The van der Waals surface area contributed by atoms with Crippen molar-refractivity contribution in [3.8, 4) is 0 Å². The van der Waals surface area contributed by atoms with E-state index in [0.717, 1.165) is 5.56 Å². The topological polar surface area (TPSA) is 53.4 Å². The summed E-state index contributed by atoms with van der Waals surface area (Å²) in [6.45, 7) is 0. The van der Waals surface area contributed by atoms with Crippen LogP contribution in [0.5, 0.6) is 0 Å². The van der Waals surface area contributed by atoms with Crippen LogP contribution in [0.15, 0.2) is 78.6 Å². The summed E-state index contributed by atoms with van der Waals surface area (Å²) in [7, 11) is 0. The van der Waals surface area contributed by atoms with Crippen molar-refractivity contribution in [2.75, 3.05) is 0 Å². The van der Waals surface area contributed by atoms with Crippen LogP contribution in [0.4, 0.5) is 0 Å². The lowest BCUT2D eigenvalue weighted by molar-refractivity contribution is 0.210. The van der Waals surface area contributed by atoms with Gasteiger partial charge in [-0.1, -0.05) is 41.4 Å². The van der Waals surface area contributed by atoms with Crippen molar-refractivity contribution < 1.29 is 10.2 Å². The summed E-state index contributed by atoms with van der Waals surface area (Å²) in [6.07, 6.45) is 2.59. The summed E-state index contributed by atoms with van der Waals surface area (Å²) < 4.78 is 0. The van der Waals surface area contributed by atoms with Gasteiger partial charge in [-0.3, -0.25) is 4.98 Å². The number of aliphatic hydroxyl groups is 2. The van der Waals surface area contributed by atoms with E-state index in [1.807, 2.05) is 12.1 Å². The van der Waals surface area contributed by atoms with Gasteiger partial charge in [0.2, 0.25) is 0 Å². The van der Waals surface area contributed by atoms with Crippen LogP contribution in [0.25, 0.3) is 5.76 Å². The molecule has 0 spiro atoms. The standard InChI is InChI=1S/C21H17Cl2NO2/c22-17-7-3-14(4-8-17)12-19(21(26)16-2-1-11-24-13-16)20(25)15-5-9-18(23)10-6-15/h1-11,13,21,25-26H,12H2/b20-19+. The van der Waals surface area contributed by atoms with Gasteiger partial charge < -0.3 is 10.2 Å². The maximum Gasteiger partial charge on any atom is 0.125 e. The number of nitrogens with zero attached hydrogens (tertiary/aromatic N) is 1. The number of halogens is 2. The third-order valence-electron chi connectivity index (χ3n) is 4.06. The van der Waals surface area contributed by atoms with Gasteiger partial charge >= 0.3 is 0 Å². The molecular formula is C21H17Cl2NO2. The second kappa shape index (κ2) is 8.37. The normalized spacial score (nSPS) is 13.2. The first-order chi connectivity index (χ1) is 12.5. The Morgan fingerprint density at radius 1 is 0.923 bits per heavy atom. The molecule has 1 heterocycles. The van der Waals surface area contributed by atoms with Gasteiger partial charge in [0.15, 0.2) is 0 Å². The monoisotopic (exact) mass is 385 g/mol. The van der Waals surface area contributed by atoms with Crippen molar-refractivity contribution in [2.24, 2.45) is 0 Å². The van der Waals surface area contributed by atoms with E-state index in [0.29, 0.717) is 33.2 Å². The molecule has 0 radical (unpaired) electrons. The molecule has 0 aliphatic carbocycles. The number of hydrogen-bond donors (Lipinski definition) is 2. The molecule has 26 heavy (non-hydrogen) atoms. The Hall–Kier alpha value is -2.33. The molecule has 3 rings (SSSR count). The first kappa shape index (κ1) is 18.5. The summed E-state index contributed by atoms with van der Waals surface area (Å²) >= 11 is 11.9. The second-order valence-corrected chi connectivity index (χ2v) is 6.75. The van der Waals surface area contributed by atoms with Crippen molar-refractivity contribution in [2.45, 2.75) is 12.5 Å². The first-order valence-electron chi connectivity index (χ1n) is 8.05. The summed E-state index contributed by atoms with van der Waals surface area (Å²) in [5.74, 6) is 0.0213. The van der Waals surface area contributed by atoms with E-state index >= 15 is 0 Å². The average molecular weight is 386 g/mol. The number of hydrogen-bond acceptors (Lipinski definition) is 3. The maximum atomic E-state index is 10.9. The molecule has 1 unspecified atom stereocenters. The number of pyridine rings is 1. The molecular weight excluding hydrogens is 369 g/mol. The van der Waals surface area contributed by atoms with E-state index in [1.54, 1.807) is 60.9 Å². The Labute approximate surface area is 162 Å². The molecule has 0 aliphatic heterocycles. The molecule has 132 valence electrons. The third kappa shape index (κ3) is 4.44. The largest absolute Gasteiger partial charge is 0.507 e. The Morgan fingerprint density at radius 3 is 2.12 bits per heavy atom. The molecule has 3 aromatic rings. The predicted molar refractivity (Wildman–Crippen MR) is 105 cm³/mol. The van der Waals surface area contributed by atoms with E-state index in [1.165, 1.54) is 0 Å². The van der Waals surface area contributed by atoms with E-state index < -0.39 is 6.10 Å². The van der Waals surface area contributed by atoms with Crippen molar-refractivity contribution in [1.29, 1.82) is 0 Å². The fourth-order valence-electron chi connectivity index (χ4n) is 2.66. The van der Waals surface area contributed by atoms with Crippen molar-refractivity contribution in [3.63, 3.8) is 0 Å². The SMILES string of the molecule is O/C(=C(\Cc1ccc(Cl)cc1)C(O)c1cccnc1)c1ccc(Cl)cc1. The molecule has 1 atom stereocenters. The highest BCUT2D eigenvalue weighted by atomic mass is 35.5. The van der Waals surface area contributed by atoms with Crippen LogP contribution >= 0.6 is 23.2 Å². The van der Waals surface area contributed by atoms with Gasteiger partial charge in [0, 0.05) is 45.6 Å². The highest BCUT2D eigenvalue weighted by Gasteiger charge is 2.20. The van der Waals surface area contributed by atoms with Gasteiger partial charge in [-0.05, 0) is 48.0 Å². The molecule has 0 amide bonds. The zero-order valence-corrected chi connectivity index (χ0v) is 15.3. The Kier molecular flexibility index (Phi) is 5.94. The smallest absolute Gasteiger partial charge is 0.125 e. The van der Waals surface area contributed by atoms with Crippen LogP contribution in [0, 0.1) is 0 Å². The van der Waals surface area contributed by atoms with E-state index in [4.69, 9.17) is 23.2 Å². The molecule has 0 saturated carbocycles. The van der Waals surface area contributed by atoms with Gasteiger partial charge in [-0.2, -0.15) is 0 Å². The summed E-state index contributed by atoms with van der Waals surface area (Å²) in [6, 6.07) is 17.7. The molecule has 0 saturated heterocycles. The van der Waals surface area contributed by atoms with Crippen LogP contribution in [0.1, 0.15) is 22.8 Å². The van der Waals surface area contributed by atoms with Crippen LogP contribution in [-0.2, 0) is 6.42 Å². The predicted octanol–water partition coefficient (Wildman–Crippen LogP) is 5.63. The lowest BCUT2D eigenvalue weighted by Crippen LogP contribution is -2.08. The minimum atomic E-state index is -0.991. The average Bonchev–Trinajstić information content (AvgIpc) is 2.68. The maximum absolute atomic E-state index is 10.9. The Bertz CT molecular complexity index is 892. The van der Waals surface area contributed by atoms with Crippen LogP contribution < -0.4 is 0 Å². The highest BCUT2D eigenvalue weighted by molar-refractivity contribution is 6.30. The van der Waals surface area contributed by atoms with Gasteiger partial charge in [-0.15, -0.1) is 0 Å². The second-order valence-electron chi connectivity index (χ2n) is 5.87. The summed E-state index contributed by atoms with van der Waals surface area (Å²) in [5, 5.41) is 22.9. The number of aliphatic hydroxyl groups excluding tert-OH is 2. The zero-order valence-electron chi connectivity index (χ0n) is 13.8. The molecule has 3 nitrogen and oxygen atoms in total. The molecule has 5 heteroatoms. The molecule has 2 aromatic carbocycles. The number of aromatic nitrogens is 1. The lowest BCUT2D eigenvalue weighted by atomic mass is 9.93. The van der Waals surface area contributed by atoms with Gasteiger partial charge in [0.05, 0.1) is 0 Å². The molecule has 0 aliphatic rings. The van der Waals surface area contributed by atoms with Crippen molar-refractivity contribution in [1.82, 2.24) is 4.98 Å². The van der Waals surface area contributed by atoms with E-state index in [2.05, 4.69) is 4.98 Å². The highest BCUT2D eigenvalue weighted by Crippen LogP contribution is 2.31. The Morgan fingerprint density at radius 2 is 1.54 bits per heavy atom. The van der Waals surface area contributed by atoms with Crippen LogP contribution in [0.2, 0.25) is 10.0 Å². The van der Waals surface area contributed by atoms with Crippen molar-refractivity contribution in [3.05, 3.63) is 105 Å². The van der Waals surface area contributed by atoms with Gasteiger partial charge in [0.25, 0.3) is 0 Å². The zero-order chi connectivity index (χ0) is 18.5. The van der Waals surface area contributed by atoms with Crippen LogP contribution in [-0.4, -0.2) is 15.2 Å². The molecule has 2 N–H and O–H groups in total.